The van der Waals surface area contributed by atoms with E-state index in [0.717, 1.165) is 5.69 Å². The predicted octanol–water partition coefficient (Wildman–Crippen LogP) is 2.38. The van der Waals surface area contributed by atoms with Crippen molar-refractivity contribution in [1.29, 1.82) is 0 Å². The van der Waals surface area contributed by atoms with Gasteiger partial charge in [-0.2, -0.15) is 0 Å². The lowest BCUT2D eigenvalue weighted by Crippen LogP contribution is -2.35. The number of aromatic nitrogens is 1. The third-order valence-electron chi connectivity index (χ3n) is 3.67. The summed E-state index contributed by atoms with van der Waals surface area (Å²) in [5, 5.41) is 5.89. The molecule has 0 aliphatic heterocycles. The Morgan fingerprint density at radius 1 is 1.23 bits per heavy atom. The van der Waals surface area contributed by atoms with Gasteiger partial charge in [0.15, 0.2) is 0 Å². The Bertz CT molecular complexity index is 615. The molecular formula is C17H22N4O. The summed E-state index contributed by atoms with van der Waals surface area (Å²) in [6, 6.07) is 14.0. The molecule has 0 radical (unpaired) electrons. The summed E-state index contributed by atoms with van der Waals surface area (Å²) in [5.74, 6) is 0.467. The van der Waals surface area contributed by atoms with Crippen LogP contribution in [0.2, 0.25) is 0 Å². The summed E-state index contributed by atoms with van der Waals surface area (Å²) in [6.45, 7) is 2.81. The first-order chi connectivity index (χ1) is 10.6. The van der Waals surface area contributed by atoms with E-state index in [0.29, 0.717) is 17.9 Å². The fourth-order valence-corrected chi connectivity index (χ4v) is 2.16. The summed E-state index contributed by atoms with van der Waals surface area (Å²) in [6.07, 6.45) is 1.68. The van der Waals surface area contributed by atoms with Crippen LogP contribution >= 0.6 is 0 Å². The molecule has 1 aromatic carbocycles. The second-order valence-corrected chi connectivity index (χ2v) is 5.16. The van der Waals surface area contributed by atoms with E-state index < -0.39 is 0 Å². The second-order valence-electron chi connectivity index (χ2n) is 5.16. The van der Waals surface area contributed by atoms with E-state index in [9.17, 15) is 4.79 Å². The topological polar surface area (TPSA) is 57.3 Å². The van der Waals surface area contributed by atoms with Crippen LogP contribution in [-0.2, 0) is 0 Å². The number of pyridine rings is 1. The van der Waals surface area contributed by atoms with E-state index in [1.807, 2.05) is 18.2 Å². The number of likely N-dealkylation sites (N-methyl/N-ethyl adjacent to an activating group) is 1. The molecule has 1 unspecified atom stereocenters. The maximum Gasteiger partial charge on any atom is 0.254 e. The standard InChI is InChI=1S/C17H22N4O/c1-13(21(3)14-8-5-4-6-9-14)12-20-16-15(17(22)18-2)10-7-11-19-16/h4-11,13H,12H2,1-3H3,(H,18,22)(H,19,20). The first-order valence-electron chi connectivity index (χ1n) is 7.32. The molecular weight excluding hydrogens is 276 g/mol. The number of hydrogen-bond acceptors (Lipinski definition) is 4. The number of rotatable bonds is 6. The van der Waals surface area contributed by atoms with Gasteiger partial charge in [0.25, 0.3) is 5.91 Å². The second kappa shape index (κ2) is 7.45. The largest absolute Gasteiger partial charge is 0.370 e. The van der Waals surface area contributed by atoms with Crippen molar-refractivity contribution in [2.45, 2.75) is 13.0 Å². The van der Waals surface area contributed by atoms with Crippen molar-refractivity contribution < 1.29 is 4.79 Å². The number of nitrogens with one attached hydrogen (secondary N) is 2. The van der Waals surface area contributed by atoms with Crippen molar-refractivity contribution in [3.8, 4) is 0 Å². The van der Waals surface area contributed by atoms with Crippen LogP contribution in [-0.4, -0.2) is 37.6 Å². The van der Waals surface area contributed by atoms with Crippen molar-refractivity contribution in [3.63, 3.8) is 0 Å². The van der Waals surface area contributed by atoms with Gasteiger partial charge in [-0.15, -0.1) is 0 Å². The van der Waals surface area contributed by atoms with Crippen LogP contribution in [0, 0.1) is 0 Å². The molecule has 2 aromatic rings. The number of benzene rings is 1. The van der Waals surface area contributed by atoms with E-state index in [4.69, 9.17) is 0 Å². The maximum atomic E-state index is 11.8. The zero-order valence-electron chi connectivity index (χ0n) is 13.2. The van der Waals surface area contributed by atoms with E-state index in [1.54, 1.807) is 25.4 Å². The Balaban J connectivity index is 2.02. The highest BCUT2D eigenvalue weighted by molar-refractivity contribution is 5.98. The number of carbonyl (C=O) groups is 1. The van der Waals surface area contributed by atoms with Crippen LogP contribution < -0.4 is 15.5 Å². The highest BCUT2D eigenvalue weighted by Crippen LogP contribution is 2.16. The lowest BCUT2D eigenvalue weighted by molar-refractivity contribution is 0.0963. The SMILES string of the molecule is CNC(=O)c1cccnc1NCC(C)N(C)c1ccccc1. The summed E-state index contributed by atoms with van der Waals surface area (Å²) < 4.78 is 0. The molecule has 5 heteroatoms. The first kappa shape index (κ1) is 15.8. The molecule has 0 spiro atoms. The van der Waals surface area contributed by atoms with Crippen LogP contribution in [0.15, 0.2) is 48.7 Å². The first-order valence-corrected chi connectivity index (χ1v) is 7.32. The zero-order valence-corrected chi connectivity index (χ0v) is 13.2. The smallest absolute Gasteiger partial charge is 0.254 e. The molecule has 2 rings (SSSR count). The van der Waals surface area contributed by atoms with Crippen molar-refractivity contribution in [2.75, 3.05) is 30.9 Å². The van der Waals surface area contributed by atoms with Gasteiger partial charge in [-0.05, 0) is 31.2 Å². The molecule has 116 valence electrons. The van der Waals surface area contributed by atoms with Crippen LogP contribution in [0.25, 0.3) is 0 Å². The summed E-state index contributed by atoms with van der Waals surface area (Å²) in [4.78, 5) is 18.3. The molecule has 1 aromatic heterocycles. The molecule has 2 N–H and O–H groups in total. The van der Waals surface area contributed by atoms with E-state index >= 15 is 0 Å². The Morgan fingerprint density at radius 3 is 2.64 bits per heavy atom. The van der Waals surface area contributed by atoms with Gasteiger partial charge in [0.05, 0.1) is 5.56 Å². The van der Waals surface area contributed by atoms with Crippen LogP contribution in [0.5, 0.6) is 0 Å². The van der Waals surface area contributed by atoms with Gasteiger partial charge in [0.2, 0.25) is 0 Å². The fourth-order valence-electron chi connectivity index (χ4n) is 2.16. The Hall–Kier alpha value is -2.56. The third-order valence-corrected chi connectivity index (χ3v) is 3.67. The Kier molecular flexibility index (Phi) is 5.36. The van der Waals surface area contributed by atoms with E-state index in [2.05, 4.69) is 46.6 Å². The average molecular weight is 298 g/mol. The van der Waals surface area contributed by atoms with Crippen molar-refractivity contribution in [1.82, 2.24) is 10.3 Å². The Labute approximate surface area is 131 Å². The molecule has 0 fully saturated rings. The highest BCUT2D eigenvalue weighted by atomic mass is 16.1. The molecule has 1 heterocycles. The maximum absolute atomic E-state index is 11.8. The molecule has 1 atom stereocenters. The van der Waals surface area contributed by atoms with Crippen molar-refractivity contribution in [3.05, 3.63) is 54.2 Å². The lowest BCUT2D eigenvalue weighted by atomic mass is 10.2. The third kappa shape index (κ3) is 3.75. The van der Waals surface area contributed by atoms with Gasteiger partial charge in [0.1, 0.15) is 5.82 Å². The molecule has 22 heavy (non-hydrogen) atoms. The monoisotopic (exact) mass is 298 g/mol. The lowest BCUT2D eigenvalue weighted by Gasteiger charge is -2.27. The van der Waals surface area contributed by atoms with Crippen LogP contribution in [0.1, 0.15) is 17.3 Å². The number of anilines is 2. The minimum atomic E-state index is -0.139. The summed E-state index contributed by atoms with van der Waals surface area (Å²) in [5.41, 5.74) is 1.71. The number of nitrogens with zero attached hydrogens (tertiary/aromatic N) is 2. The van der Waals surface area contributed by atoms with Gasteiger partial charge < -0.3 is 15.5 Å². The quantitative estimate of drug-likeness (QED) is 0.859. The summed E-state index contributed by atoms with van der Waals surface area (Å²) in [7, 11) is 3.67. The zero-order chi connectivity index (χ0) is 15.9. The molecule has 0 saturated carbocycles. The molecule has 0 aliphatic carbocycles. The van der Waals surface area contributed by atoms with Gasteiger partial charge in [-0.3, -0.25) is 4.79 Å². The Morgan fingerprint density at radius 2 is 1.95 bits per heavy atom. The minimum absolute atomic E-state index is 0.139. The molecule has 0 bridgehead atoms. The number of amides is 1. The van der Waals surface area contributed by atoms with Gasteiger partial charge in [0, 0.05) is 38.6 Å². The van der Waals surface area contributed by atoms with Gasteiger partial charge >= 0.3 is 0 Å². The van der Waals surface area contributed by atoms with Gasteiger partial charge in [-0.25, -0.2) is 4.98 Å². The number of hydrogen-bond donors (Lipinski definition) is 2. The fraction of sp³-hybridized carbons (Fsp3) is 0.294. The van der Waals surface area contributed by atoms with E-state index in [1.165, 1.54) is 0 Å². The molecule has 5 nitrogen and oxygen atoms in total. The predicted molar refractivity (Wildman–Crippen MR) is 90.4 cm³/mol. The number of para-hydroxylation sites is 1. The van der Waals surface area contributed by atoms with Crippen molar-refractivity contribution >= 4 is 17.4 Å². The van der Waals surface area contributed by atoms with Gasteiger partial charge in [-0.1, -0.05) is 18.2 Å². The van der Waals surface area contributed by atoms with Crippen molar-refractivity contribution in [2.24, 2.45) is 0 Å². The summed E-state index contributed by atoms with van der Waals surface area (Å²) >= 11 is 0. The average Bonchev–Trinajstić information content (AvgIpc) is 2.59. The highest BCUT2D eigenvalue weighted by Gasteiger charge is 2.13. The molecule has 1 amide bonds. The van der Waals surface area contributed by atoms with Crippen LogP contribution in [0.4, 0.5) is 11.5 Å². The molecule has 0 aliphatic rings. The van der Waals surface area contributed by atoms with E-state index in [-0.39, 0.29) is 11.9 Å². The minimum Gasteiger partial charge on any atom is -0.370 e. The molecule has 0 saturated heterocycles. The van der Waals surface area contributed by atoms with Crippen LogP contribution in [0.3, 0.4) is 0 Å². The normalized spacial score (nSPS) is 11.6. The number of carbonyl (C=O) groups excluding carboxylic acids is 1.